The van der Waals surface area contributed by atoms with Gasteiger partial charge in [0.1, 0.15) is 12.3 Å². The fourth-order valence-electron chi connectivity index (χ4n) is 3.20. The van der Waals surface area contributed by atoms with E-state index in [0.29, 0.717) is 36.2 Å². The number of fused-ring (bicyclic) bond motifs is 1. The zero-order valence-corrected chi connectivity index (χ0v) is 15.5. The van der Waals surface area contributed by atoms with Crippen LogP contribution in [0.4, 0.5) is 0 Å². The lowest BCUT2D eigenvalue weighted by Crippen LogP contribution is -2.32. The molecule has 3 aromatic rings. The van der Waals surface area contributed by atoms with Crippen LogP contribution in [0, 0.1) is 6.92 Å². The quantitative estimate of drug-likeness (QED) is 0.706. The first kappa shape index (κ1) is 17.4. The highest BCUT2D eigenvalue weighted by molar-refractivity contribution is 6.30. The Balaban J connectivity index is 1.69. The van der Waals surface area contributed by atoms with E-state index >= 15 is 0 Å². The van der Waals surface area contributed by atoms with Gasteiger partial charge in [-0.1, -0.05) is 23.7 Å². The highest BCUT2D eigenvalue weighted by Crippen LogP contribution is 2.38. The molecule has 4 rings (SSSR count). The summed E-state index contributed by atoms with van der Waals surface area (Å²) in [6.45, 7) is 2.87. The third kappa shape index (κ3) is 3.48. The van der Waals surface area contributed by atoms with Crippen LogP contribution in [-0.4, -0.2) is 39.3 Å². The summed E-state index contributed by atoms with van der Waals surface area (Å²) < 4.78 is 5.72. The van der Waals surface area contributed by atoms with Gasteiger partial charge in [-0.3, -0.25) is 9.89 Å². The molecule has 138 valence electrons. The molecule has 0 unspecified atom stereocenters. The number of phenols is 1. The Morgan fingerprint density at radius 3 is 2.85 bits per heavy atom. The lowest BCUT2D eigenvalue weighted by Gasteiger charge is -2.19. The molecule has 0 aliphatic carbocycles. The van der Waals surface area contributed by atoms with Crippen LogP contribution in [0.25, 0.3) is 11.1 Å². The summed E-state index contributed by atoms with van der Waals surface area (Å²) in [6.07, 6.45) is 0. The van der Waals surface area contributed by atoms with Gasteiger partial charge in [-0.2, -0.15) is 5.10 Å². The van der Waals surface area contributed by atoms with Crippen LogP contribution < -0.4 is 4.74 Å². The summed E-state index contributed by atoms with van der Waals surface area (Å²) in [7, 11) is 0. The number of amides is 1. The minimum Gasteiger partial charge on any atom is -0.504 e. The first-order valence-electron chi connectivity index (χ1n) is 8.57. The molecule has 0 bridgehead atoms. The van der Waals surface area contributed by atoms with Crippen molar-refractivity contribution in [2.24, 2.45) is 0 Å². The Morgan fingerprint density at radius 2 is 2.11 bits per heavy atom. The Morgan fingerprint density at radius 1 is 1.26 bits per heavy atom. The van der Waals surface area contributed by atoms with Gasteiger partial charge >= 0.3 is 0 Å². The van der Waals surface area contributed by atoms with Crippen molar-refractivity contribution in [2.75, 3.05) is 13.2 Å². The van der Waals surface area contributed by atoms with Crippen molar-refractivity contribution >= 4 is 17.5 Å². The number of aromatic nitrogens is 2. The van der Waals surface area contributed by atoms with Crippen LogP contribution in [0.3, 0.4) is 0 Å². The van der Waals surface area contributed by atoms with E-state index in [4.69, 9.17) is 16.3 Å². The van der Waals surface area contributed by atoms with Gasteiger partial charge in [-0.05, 0) is 48.4 Å². The third-order valence-electron chi connectivity index (χ3n) is 4.49. The van der Waals surface area contributed by atoms with Crippen molar-refractivity contribution < 1.29 is 14.6 Å². The van der Waals surface area contributed by atoms with Crippen LogP contribution in [-0.2, 0) is 6.54 Å². The van der Waals surface area contributed by atoms with E-state index in [1.54, 1.807) is 23.1 Å². The van der Waals surface area contributed by atoms with E-state index in [1.807, 2.05) is 31.2 Å². The number of H-pyrrole nitrogens is 1. The first-order chi connectivity index (χ1) is 13.0. The van der Waals surface area contributed by atoms with Gasteiger partial charge in [-0.15, -0.1) is 0 Å². The number of aromatic hydroxyl groups is 1. The van der Waals surface area contributed by atoms with Gasteiger partial charge in [0.25, 0.3) is 5.91 Å². The fourth-order valence-corrected chi connectivity index (χ4v) is 3.39. The molecule has 0 fully saturated rings. The average molecular weight is 384 g/mol. The van der Waals surface area contributed by atoms with E-state index in [1.165, 1.54) is 0 Å². The minimum atomic E-state index is -0.177. The number of aryl methyl sites for hydroxylation is 1. The normalized spacial score (nSPS) is 13.6. The van der Waals surface area contributed by atoms with Crippen LogP contribution in [0.1, 0.15) is 21.7 Å². The molecule has 2 aromatic carbocycles. The number of hydrogen-bond donors (Lipinski definition) is 2. The third-order valence-corrected chi connectivity index (χ3v) is 4.72. The van der Waals surface area contributed by atoms with Gasteiger partial charge in [0.15, 0.2) is 11.5 Å². The predicted molar refractivity (Wildman–Crippen MR) is 102 cm³/mol. The lowest BCUT2D eigenvalue weighted by molar-refractivity contribution is 0.0727. The van der Waals surface area contributed by atoms with Crippen molar-refractivity contribution in [1.82, 2.24) is 15.1 Å². The van der Waals surface area contributed by atoms with E-state index in [2.05, 4.69) is 10.2 Å². The number of carbonyl (C=O) groups excluding carboxylic acids is 1. The molecule has 0 saturated heterocycles. The van der Waals surface area contributed by atoms with Gasteiger partial charge in [0.2, 0.25) is 0 Å². The first-order valence-corrected chi connectivity index (χ1v) is 8.95. The van der Waals surface area contributed by atoms with E-state index < -0.39 is 0 Å². The topological polar surface area (TPSA) is 78.5 Å². The summed E-state index contributed by atoms with van der Waals surface area (Å²) in [5.74, 6) is 0.283. The molecule has 1 aromatic heterocycles. The van der Waals surface area contributed by atoms with E-state index in [-0.39, 0.29) is 11.7 Å². The molecule has 1 aliphatic rings. The number of nitrogens with zero attached hydrogens (tertiary/aromatic N) is 2. The minimum absolute atomic E-state index is 0.0485. The second-order valence-electron chi connectivity index (χ2n) is 6.51. The number of carbonyl (C=O) groups is 1. The van der Waals surface area contributed by atoms with Crippen molar-refractivity contribution in [3.63, 3.8) is 0 Å². The number of aromatic amines is 1. The van der Waals surface area contributed by atoms with Gasteiger partial charge < -0.3 is 14.7 Å². The maximum Gasteiger partial charge on any atom is 0.274 e. The number of halogens is 1. The summed E-state index contributed by atoms with van der Waals surface area (Å²) in [4.78, 5) is 14.4. The van der Waals surface area contributed by atoms with Crippen molar-refractivity contribution in [3.05, 3.63) is 64.4 Å². The van der Waals surface area contributed by atoms with Crippen LogP contribution in [0.2, 0.25) is 5.02 Å². The van der Waals surface area contributed by atoms with Crippen molar-refractivity contribution in [1.29, 1.82) is 0 Å². The van der Waals surface area contributed by atoms with Gasteiger partial charge in [0, 0.05) is 22.8 Å². The van der Waals surface area contributed by atoms with Crippen LogP contribution in [0.15, 0.2) is 42.5 Å². The Labute approximate surface area is 161 Å². The number of nitrogens with one attached hydrogen (secondary N) is 1. The van der Waals surface area contributed by atoms with Gasteiger partial charge in [0.05, 0.1) is 6.54 Å². The smallest absolute Gasteiger partial charge is 0.274 e. The Hall–Kier alpha value is -2.99. The summed E-state index contributed by atoms with van der Waals surface area (Å²) in [6, 6.07) is 12.7. The second-order valence-corrected chi connectivity index (χ2v) is 6.94. The molecule has 2 heterocycles. The monoisotopic (exact) mass is 383 g/mol. The summed E-state index contributed by atoms with van der Waals surface area (Å²) >= 11 is 6.09. The molecule has 0 saturated carbocycles. The van der Waals surface area contributed by atoms with Crippen molar-refractivity contribution in [3.8, 4) is 22.6 Å². The number of ether oxygens (including phenoxy) is 1. The SMILES string of the molecule is Cc1cc(C(=O)N2CCOc3c(O)cc(-c4cccc(Cl)c4)cc3C2)n[nH]1. The largest absolute Gasteiger partial charge is 0.504 e. The summed E-state index contributed by atoms with van der Waals surface area (Å²) in [5.41, 5.74) is 3.62. The highest BCUT2D eigenvalue weighted by Gasteiger charge is 2.25. The molecule has 0 spiro atoms. The number of phenolic OH excluding ortho intramolecular Hbond substituents is 1. The van der Waals surface area contributed by atoms with E-state index in [0.717, 1.165) is 22.4 Å². The standard InChI is InChI=1S/C20H18ClN3O3/c1-12-7-17(23-22-12)20(26)24-5-6-27-19-15(11-24)8-14(10-18(19)25)13-3-2-4-16(21)9-13/h2-4,7-10,25H,5-6,11H2,1H3,(H,22,23). The molecule has 0 atom stereocenters. The lowest BCUT2D eigenvalue weighted by atomic mass is 10.0. The molecular formula is C20H18ClN3O3. The van der Waals surface area contributed by atoms with Crippen LogP contribution in [0.5, 0.6) is 11.5 Å². The average Bonchev–Trinajstić information content (AvgIpc) is 2.96. The number of hydrogen-bond acceptors (Lipinski definition) is 4. The molecule has 27 heavy (non-hydrogen) atoms. The summed E-state index contributed by atoms with van der Waals surface area (Å²) in [5, 5.41) is 17.9. The Kier molecular flexibility index (Phi) is 4.49. The molecule has 1 aliphatic heterocycles. The molecule has 1 amide bonds. The zero-order valence-electron chi connectivity index (χ0n) is 14.7. The van der Waals surface area contributed by atoms with Gasteiger partial charge in [-0.25, -0.2) is 0 Å². The predicted octanol–water partition coefficient (Wildman–Crippen LogP) is 3.78. The number of rotatable bonds is 2. The molecule has 6 nitrogen and oxygen atoms in total. The molecule has 7 heteroatoms. The highest BCUT2D eigenvalue weighted by atomic mass is 35.5. The molecule has 0 radical (unpaired) electrons. The Bertz CT molecular complexity index is 1020. The second kappa shape index (κ2) is 6.96. The molecule has 2 N–H and O–H groups in total. The maximum absolute atomic E-state index is 12.8. The number of benzene rings is 2. The maximum atomic E-state index is 12.8. The van der Waals surface area contributed by atoms with Crippen molar-refractivity contribution in [2.45, 2.75) is 13.5 Å². The molecular weight excluding hydrogens is 366 g/mol. The van der Waals surface area contributed by atoms with Crippen LogP contribution >= 0.6 is 11.6 Å². The zero-order chi connectivity index (χ0) is 19.0. The fraction of sp³-hybridized carbons (Fsp3) is 0.200. The van der Waals surface area contributed by atoms with E-state index in [9.17, 15) is 9.90 Å².